The van der Waals surface area contributed by atoms with Crippen LogP contribution >= 0.6 is 0 Å². The van der Waals surface area contributed by atoms with E-state index in [1.54, 1.807) is 13.8 Å². The van der Waals surface area contributed by atoms with Crippen molar-refractivity contribution in [3.05, 3.63) is 69.3 Å². The van der Waals surface area contributed by atoms with Gasteiger partial charge in [0, 0.05) is 38.8 Å². The highest BCUT2D eigenvalue weighted by Gasteiger charge is 2.42. The maximum absolute atomic E-state index is 13.1. The predicted molar refractivity (Wildman–Crippen MR) is 119 cm³/mol. The van der Waals surface area contributed by atoms with Gasteiger partial charge in [0.05, 0.1) is 11.6 Å². The molecule has 2 fully saturated rings. The van der Waals surface area contributed by atoms with Crippen LogP contribution in [0.1, 0.15) is 39.7 Å². The lowest BCUT2D eigenvalue weighted by Crippen LogP contribution is -2.35. The van der Waals surface area contributed by atoms with E-state index in [4.69, 9.17) is 4.42 Å². The Balaban J connectivity index is 1.34. The maximum Gasteiger partial charge on any atom is 0.405 e. The second kappa shape index (κ2) is 9.16. The average molecular weight is 440 g/mol. The van der Waals surface area contributed by atoms with E-state index in [2.05, 4.69) is 10.2 Å². The van der Waals surface area contributed by atoms with Crippen LogP contribution in [-0.2, 0) is 0 Å². The van der Waals surface area contributed by atoms with Crippen LogP contribution < -0.4 is 10.9 Å². The first-order valence-electron chi connectivity index (χ1n) is 11.0. The van der Waals surface area contributed by atoms with Crippen LogP contribution in [-0.4, -0.2) is 59.6 Å². The number of aryl methyl sites for hydroxylation is 2. The van der Waals surface area contributed by atoms with Crippen LogP contribution in [0.2, 0.25) is 0 Å². The molecule has 32 heavy (non-hydrogen) atoms. The van der Waals surface area contributed by atoms with Gasteiger partial charge in [0.1, 0.15) is 5.76 Å². The molecular weight excluding hydrogens is 410 g/mol. The molecule has 2 aliphatic rings. The van der Waals surface area contributed by atoms with Crippen molar-refractivity contribution in [2.75, 3.05) is 32.7 Å². The Labute approximate surface area is 186 Å². The lowest BCUT2D eigenvalue weighted by molar-refractivity contribution is 0.0769. The zero-order chi connectivity index (χ0) is 22.8. The number of carboxylic acid groups (broad SMARTS) is 1. The molecule has 2 N–H and O–H groups in total. The van der Waals surface area contributed by atoms with E-state index in [9.17, 15) is 19.5 Å². The van der Waals surface area contributed by atoms with Crippen molar-refractivity contribution in [2.45, 2.75) is 26.3 Å². The van der Waals surface area contributed by atoms with E-state index in [1.165, 1.54) is 6.07 Å². The average Bonchev–Trinajstić information content (AvgIpc) is 3.29. The first-order chi connectivity index (χ1) is 15.3. The molecule has 2 saturated heterocycles. The number of nitrogens with zero attached hydrogens (tertiary/aromatic N) is 2. The summed E-state index contributed by atoms with van der Waals surface area (Å²) in [4.78, 5) is 40.1. The Kier molecular flexibility index (Phi) is 6.32. The molecule has 2 amide bonds. The fourth-order valence-corrected chi connectivity index (χ4v) is 5.14. The minimum absolute atomic E-state index is 0.0699. The van der Waals surface area contributed by atoms with Crippen LogP contribution in [0.5, 0.6) is 0 Å². The lowest BCUT2D eigenvalue weighted by Gasteiger charge is -2.24. The van der Waals surface area contributed by atoms with Crippen molar-refractivity contribution in [1.82, 2.24) is 15.1 Å². The molecule has 1 aromatic carbocycles. The van der Waals surface area contributed by atoms with Gasteiger partial charge in [-0.1, -0.05) is 30.3 Å². The molecular formula is C24H29N3O5. The van der Waals surface area contributed by atoms with E-state index in [0.717, 1.165) is 25.2 Å². The monoisotopic (exact) mass is 439 g/mol. The van der Waals surface area contributed by atoms with Crippen molar-refractivity contribution in [3.8, 4) is 0 Å². The number of amides is 2. The van der Waals surface area contributed by atoms with Crippen LogP contribution in [0, 0.1) is 25.7 Å². The molecule has 0 spiro atoms. The number of fused-ring (bicyclic) bond motifs is 1. The maximum atomic E-state index is 13.1. The normalized spacial score (nSPS) is 21.4. The van der Waals surface area contributed by atoms with Crippen molar-refractivity contribution in [3.63, 3.8) is 0 Å². The highest BCUT2D eigenvalue weighted by Crippen LogP contribution is 2.33. The van der Waals surface area contributed by atoms with E-state index >= 15 is 0 Å². The second-order valence-electron chi connectivity index (χ2n) is 8.87. The first-order valence-corrected chi connectivity index (χ1v) is 11.0. The Morgan fingerprint density at radius 2 is 1.78 bits per heavy atom. The van der Waals surface area contributed by atoms with Crippen molar-refractivity contribution in [2.24, 2.45) is 11.8 Å². The molecule has 0 radical (unpaired) electrons. The van der Waals surface area contributed by atoms with Gasteiger partial charge in [-0.3, -0.25) is 4.79 Å². The molecule has 0 saturated carbocycles. The fourth-order valence-electron chi connectivity index (χ4n) is 5.14. The van der Waals surface area contributed by atoms with Crippen LogP contribution in [0.25, 0.3) is 0 Å². The Morgan fingerprint density at radius 1 is 1.12 bits per heavy atom. The Bertz CT molecular complexity index is 1010. The third-order valence-corrected chi connectivity index (χ3v) is 6.63. The highest BCUT2D eigenvalue weighted by molar-refractivity contribution is 5.96. The summed E-state index contributed by atoms with van der Waals surface area (Å²) in [5, 5.41) is 11.8. The molecule has 8 nitrogen and oxygen atoms in total. The first kappa shape index (κ1) is 22.1. The molecule has 3 heterocycles. The van der Waals surface area contributed by atoms with Gasteiger partial charge in [-0.15, -0.1) is 0 Å². The molecule has 2 aromatic rings. The van der Waals surface area contributed by atoms with Gasteiger partial charge in [0.2, 0.25) is 0 Å². The quantitative estimate of drug-likeness (QED) is 0.717. The predicted octanol–water partition coefficient (Wildman–Crippen LogP) is 2.66. The fraction of sp³-hybridized carbons (Fsp3) is 0.458. The number of carbonyl (C=O) groups is 2. The second-order valence-corrected chi connectivity index (χ2v) is 8.87. The largest absolute Gasteiger partial charge is 0.465 e. The lowest BCUT2D eigenvalue weighted by atomic mass is 10.0. The third-order valence-electron chi connectivity index (χ3n) is 6.63. The molecule has 8 heteroatoms. The van der Waals surface area contributed by atoms with Crippen LogP contribution in [0.4, 0.5) is 4.79 Å². The molecule has 3 atom stereocenters. The minimum Gasteiger partial charge on any atom is -0.465 e. The van der Waals surface area contributed by atoms with E-state index in [-0.39, 0.29) is 11.9 Å². The Hall–Kier alpha value is -3.13. The van der Waals surface area contributed by atoms with E-state index in [0.29, 0.717) is 48.2 Å². The molecule has 4 rings (SSSR count). The van der Waals surface area contributed by atoms with Gasteiger partial charge in [0.15, 0.2) is 0 Å². The summed E-state index contributed by atoms with van der Waals surface area (Å²) in [6, 6.07) is 10.8. The molecule has 2 aliphatic heterocycles. The molecule has 1 aromatic heterocycles. The van der Waals surface area contributed by atoms with Gasteiger partial charge in [-0.2, -0.15) is 0 Å². The van der Waals surface area contributed by atoms with Crippen LogP contribution in [0.15, 0.2) is 45.6 Å². The standard InChI is InChI=1S/C24H29N3O5/c1-15-10-21(28)32-16(2)22(15)23(29)27-13-18-11-26(12-19(18)14-27)9-8-20(25-24(30)31)17-6-4-3-5-7-17/h3-7,10,18-20,25H,8-9,11-14H2,1-2H3,(H,30,31)/t18-,19?,20?/m0/s1. The summed E-state index contributed by atoms with van der Waals surface area (Å²) in [6.45, 7) is 7.39. The number of hydrogen-bond donors (Lipinski definition) is 2. The zero-order valence-corrected chi connectivity index (χ0v) is 18.4. The summed E-state index contributed by atoms with van der Waals surface area (Å²) < 4.78 is 5.14. The van der Waals surface area contributed by atoms with Gasteiger partial charge in [0.25, 0.3) is 5.91 Å². The van der Waals surface area contributed by atoms with Gasteiger partial charge < -0.3 is 24.6 Å². The molecule has 170 valence electrons. The summed E-state index contributed by atoms with van der Waals surface area (Å²) in [5.41, 5.74) is 1.68. The number of benzene rings is 1. The Morgan fingerprint density at radius 3 is 2.38 bits per heavy atom. The van der Waals surface area contributed by atoms with Gasteiger partial charge in [-0.25, -0.2) is 9.59 Å². The summed E-state index contributed by atoms with van der Waals surface area (Å²) >= 11 is 0. The summed E-state index contributed by atoms with van der Waals surface area (Å²) in [7, 11) is 0. The molecule has 0 bridgehead atoms. The molecule has 0 aliphatic carbocycles. The van der Waals surface area contributed by atoms with Crippen molar-refractivity contribution >= 4 is 12.0 Å². The zero-order valence-electron chi connectivity index (χ0n) is 18.4. The minimum atomic E-state index is -1.02. The van der Waals surface area contributed by atoms with Crippen LogP contribution in [0.3, 0.4) is 0 Å². The van der Waals surface area contributed by atoms with Gasteiger partial charge >= 0.3 is 11.7 Å². The van der Waals surface area contributed by atoms with E-state index in [1.807, 2.05) is 35.2 Å². The van der Waals surface area contributed by atoms with E-state index < -0.39 is 11.7 Å². The number of hydrogen-bond acceptors (Lipinski definition) is 5. The number of likely N-dealkylation sites (tertiary alicyclic amines) is 2. The number of nitrogens with one attached hydrogen (secondary N) is 1. The topological polar surface area (TPSA) is 103 Å². The molecule has 2 unspecified atom stereocenters. The third kappa shape index (κ3) is 4.70. The number of carbonyl (C=O) groups excluding carboxylic acids is 1. The SMILES string of the molecule is Cc1cc(=O)oc(C)c1C(=O)N1CC2CN(CCC(NC(=O)O)c3ccccc3)C[C@H]2C1. The highest BCUT2D eigenvalue weighted by atomic mass is 16.4. The number of rotatable bonds is 6. The van der Waals surface area contributed by atoms with Gasteiger partial charge in [-0.05, 0) is 43.2 Å². The van der Waals surface area contributed by atoms with Crippen molar-refractivity contribution < 1.29 is 19.1 Å². The smallest absolute Gasteiger partial charge is 0.405 e. The van der Waals surface area contributed by atoms with Crippen molar-refractivity contribution in [1.29, 1.82) is 0 Å². The summed E-state index contributed by atoms with van der Waals surface area (Å²) in [6.07, 6.45) is -0.326. The summed E-state index contributed by atoms with van der Waals surface area (Å²) in [5.74, 6) is 1.10.